The number of amides is 1. The minimum Gasteiger partial charge on any atom is -0.484 e. The number of ketones is 1. The largest absolute Gasteiger partial charge is 0.484 e. The standard InChI is InChI=1S/C22H25NO3/c1-16(19-8-9-19)23(14-18-6-4-3-5-7-18)22(25)15-26-21-12-10-20(11-13-21)17(2)24/h3-7,10-13,16,19H,8-9,14-15H2,1-2H3. The van der Waals surface area contributed by atoms with E-state index in [2.05, 4.69) is 6.92 Å². The van der Waals surface area contributed by atoms with Gasteiger partial charge in [0.1, 0.15) is 5.75 Å². The molecule has 26 heavy (non-hydrogen) atoms. The first-order chi connectivity index (χ1) is 12.5. The molecule has 0 saturated heterocycles. The summed E-state index contributed by atoms with van der Waals surface area (Å²) in [6, 6.07) is 17.2. The van der Waals surface area contributed by atoms with Crippen LogP contribution >= 0.6 is 0 Å². The Morgan fingerprint density at radius 2 is 1.73 bits per heavy atom. The molecule has 1 unspecified atom stereocenters. The fourth-order valence-electron chi connectivity index (χ4n) is 3.09. The van der Waals surface area contributed by atoms with Gasteiger partial charge in [0.15, 0.2) is 12.4 Å². The van der Waals surface area contributed by atoms with Gasteiger partial charge in [-0.2, -0.15) is 0 Å². The van der Waals surface area contributed by atoms with E-state index < -0.39 is 0 Å². The number of carbonyl (C=O) groups excluding carboxylic acids is 2. The summed E-state index contributed by atoms with van der Waals surface area (Å²) in [5, 5.41) is 0. The van der Waals surface area contributed by atoms with Crippen molar-refractivity contribution in [1.82, 2.24) is 4.90 Å². The fourth-order valence-corrected chi connectivity index (χ4v) is 3.09. The van der Waals surface area contributed by atoms with Gasteiger partial charge in [-0.3, -0.25) is 9.59 Å². The normalized spacial score (nSPS) is 14.5. The van der Waals surface area contributed by atoms with Gasteiger partial charge in [0.2, 0.25) is 0 Å². The predicted octanol–water partition coefficient (Wildman–Crippen LogP) is 4.10. The van der Waals surface area contributed by atoms with E-state index in [1.807, 2.05) is 35.2 Å². The van der Waals surface area contributed by atoms with E-state index in [4.69, 9.17) is 4.74 Å². The lowest BCUT2D eigenvalue weighted by Gasteiger charge is -2.29. The van der Waals surface area contributed by atoms with E-state index >= 15 is 0 Å². The summed E-state index contributed by atoms with van der Waals surface area (Å²) in [5.41, 5.74) is 1.76. The molecular formula is C22H25NO3. The Morgan fingerprint density at radius 3 is 2.31 bits per heavy atom. The average Bonchev–Trinajstić information content (AvgIpc) is 3.50. The lowest BCUT2D eigenvalue weighted by Crippen LogP contribution is -2.42. The van der Waals surface area contributed by atoms with Gasteiger partial charge >= 0.3 is 0 Å². The lowest BCUT2D eigenvalue weighted by atomic mass is 10.1. The van der Waals surface area contributed by atoms with Crippen LogP contribution < -0.4 is 4.74 Å². The number of Topliss-reactive ketones (excluding diaryl/α,β-unsaturated/α-hetero) is 1. The summed E-state index contributed by atoms with van der Waals surface area (Å²) in [6.45, 7) is 4.26. The second-order valence-electron chi connectivity index (χ2n) is 6.95. The molecule has 0 heterocycles. The molecule has 1 amide bonds. The van der Waals surface area contributed by atoms with Crippen LogP contribution in [0.4, 0.5) is 0 Å². The van der Waals surface area contributed by atoms with Gasteiger partial charge in [-0.1, -0.05) is 30.3 Å². The number of nitrogens with zero attached hydrogens (tertiary/aromatic N) is 1. The molecule has 0 aliphatic heterocycles. The summed E-state index contributed by atoms with van der Waals surface area (Å²) in [7, 11) is 0. The molecule has 2 aromatic rings. The maximum absolute atomic E-state index is 12.8. The number of benzene rings is 2. The molecule has 1 aliphatic carbocycles. The molecule has 1 atom stereocenters. The molecule has 0 spiro atoms. The molecule has 1 saturated carbocycles. The van der Waals surface area contributed by atoms with Crippen molar-refractivity contribution in [3.63, 3.8) is 0 Å². The van der Waals surface area contributed by atoms with Gasteiger partial charge in [-0.25, -0.2) is 0 Å². The van der Waals surface area contributed by atoms with Crippen LogP contribution in [0.5, 0.6) is 5.75 Å². The van der Waals surface area contributed by atoms with Crippen molar-refractivity contribution in [2.45, 2.75) is 39.3 Å². The van der Waals surface area contributed by atoms with Crippen molar-refractivity contribution in [1.29, 1.82) is 0 Å². The summed E-state index contributed by atoms with van der Waals surface area (Å²) >= 11 is 0. The van der Waals surface area contributed by atoms with Crippen LogP contribution in [0.15, 0.2) is 54.6 Å². The molecule has 0 aromatic heterocycles. The van der Waals surface area contributed by atoms with Crippen LogP contribution in [0.2, 0.25) is 0 Å². The van der Waals surface area contributed by atoms with E-state index in [9.17, 15) is 9.59 Å². The third-order valence-corrected chi connectivity index (χ3v) is 4.94. The van der Waals surface area contributed by atoms with E-state index in [0.29, 0.717) is 23.8 Å². The zero-order chi connectivity index (χ0) is 18.5. The Kier molecular flexibility index (Phi) is 5.71. The zero-order valence-corrected chi connectivity index (χ0v) is 15.4. The van der Waals surface area contributed by atoms with Crippen LogP contribution in [0.25, 0.3) is 0 Å². The van der Waals surface area contributed by atoms with E-state index in [-0.39, 0.29) is 24.3 Å². The topological polar surface area (TPSA) is 46.6 Å². The molecule has 1 aliphatic rings. The number of hydrogen-bond acceptors (Lipinski definition) is 3. The van der Waals surface area contributed by atoms with Gasteiger partial charge in [0.25, 0.3) is 5.91 Å². The maximum atomic E-state index is 12.8. The van der Waals surface area contributed by atoms with Crippen molar-refractivity contribution in [3.8, 4) is 5.75 Å². The number of ether oxygens (including phenoxy) is 1. The van der Waals surface area contributed by atoms with Gasteiger partial charge < -0.3 is 9.64 Å². The lowest BCUT2D eigenvalue weighted by molar-refractivity contribution is -0.136. The highest BCUT2D eigenvalue weighted by molar-refractivity contribution is 5.94. The van der Waals surface area contributed by atoms with E-state index in [1.165, 1.54) is 19.8 Å². The Balaban J connectivity index is 1.64. The molecule has 4 nitrogen and oxygen atoms in total. The second-order valence-corrected chi connectivity index (χ2v) is 6.95. The van der Waals surface area contributed by atoms with E-state index in [0.717, 1.165) is 5.56 Å². The molecular weight excluding hydrogens is 326 g/mol. The first-order valence-electron chi connectivity index (χ1n) is 9.12. The monoisotopic (exact) mass is 351 g/mol. The fraction of sp³-hybridized carbons (Fsp3) is 0.364. The van der Waals surface area contributed by atoms with Crippen molar-refractivity contribution < 1.29 is 14.3 Å². The molecule has 3 rings (SSSR count). The van der Waals surface area contributed by atoms with Gasteiger partial charge in [0, 0.05) is 18.2 Å². The summed E-state index contributed by atoms with van der Waals surface area (Å²) in [4.78, 5) is 26.1. The maximum Gasteiger partial charge on any atom is 0.261 e. The Labute approximate surface area is 154 Å². The van der Waals surface area contributed by atoms with Crippen LogP contribution in [-0.2, 0) is 11.3 Å². The Morgan fingerprint density at radius 1 is 1.08 bits per heavy atom. The molecule has 2 aromatic carbocycles. The van der Waals surface area contributed by atoms with Gasteiger partial charge in [0.05, 0.1) is 0 Å². The average molecular weight is 351 g/mol. The molecule has 0 N–H and O–H groups in total. The summed E-state index contributed by atoms with van der Waals surface area (Å²) in [5.74, 6) is 1.20. The summed E-state index contributed by atoms with van der Waals surface area (Å²) in [6.07, 6.45) is 2.38. The highest BCUT2D eigenvalue weighted by Crippen LogP contribution is 2.35. The first-order valence-corrected chi connectivity index (χ1v) is 9.12. The van der Waals surface area contributed by atoms with Crippen molar-refractivity contribution in [2.24, 2.45) is 5.92 Å². The SMILES string of the molecule is CC(=O)c1ccc(OCC(=O)N(Cc2ccccc2)C(C)C2CC2)cc1. The third-order valence-electron chi connectivity index (χ3n) is 4.94. The van der Waals surface area contributed by atoms with Crippen LogP contribution in [0.1, 0.15) is 42.6 Å². The minimum absolute atomic E-state index is 0.00329. The molecule has 0 bridgehead atoms. The number of rotatable bonds is 8. The highest BCUT2D eigenvalue weighted by atomic mass is 16.5. The van der Waals surface area contributed by atoms with Crippen molar-refractivity contribution >= 4 is 11.7 Å². The smallest absolute Gasteiger partial charge is 0.261 e. The molecule has 4 heteroatoms. The summed E-state index contributed by atoms with van der Waals surface area (Å²) < 4.78 is 5.67. The number of hydrogen-bond donors (Lipinski definition) is 0. The Hall–Kier alpha value is -2.62. The first kappa shape index (κ1) is 18.2. The highest BCUT2D eigenvalue weighted by Gasteiger charge is 2.34. The van der Waals surface area contributed by atoms with E-state index in [1.54, 1.807) is 24.3 Å². The van der Waals surface area contributed by atoms with Gasteiger partial charge in [-0.05, 0) is 62.4 Å². The van der Waals surface area contributed by atoms with Crippen molar-refractivity contribution in [3.05, 3.63) is 65.7 Å². The minimum atomic E-state index is -0.0103. The van der Waals surface area contributed by atoms with Gasteiger partial charge in [-0.15, -0.1) is 0 Å². The molecule has 0 radical (unpaired) electrons. The van der Waals surface area contributed by atoms with Crippen LogP contribution in [0.3, 0.4) is 0 Å². The Bertz CT molecular complexity index is 751. The second kappa shape index (κ2) is 8.17. The van der Waals surface area contributed by atoms with Crippen molar-refractivity contribution in [2.75, 3.05) is 6.61 Å². The van der Waals surface area contributed by atoms with Crippen LogP contribution in [-0.4, -0.2) is 29.2 Å². The van der Waals surface area contributed by atoms with Crippen LogP contribution in [0, 0.1) is 5.92 Å². The zero-order valence-electron chi connectivity index (χ0n) is 15.4. The quantitative estimate of drug-likeness (QED) is 0.673. The third kappa shape index (κ3) is 4.72. The predicted molar refractivity (Wildman–Crippen MR) is 101 cm³/mol. The number of carbonyl (C=O) groups is 2. The molecule has 1 fully saturated rings. The molecule has 136 valence electrons.